The van der Waals surface area contributed by atoms with Crippen LogP contribution in [0.5, 0.6) is 0 Å². The first-order valence-corrected chi connectivity index (χ1v) is 6.86. The van der Waals surface area contributed by atoms with Gasteiger partial charge in [-0.2, -0.15) is 0 Å². The van der Waals surface area contributed by atoms with E-state index in [1.165, 1.54) is 5.69 Å². The Morgan fingerprint density at radius 2 is 1.94 bits per heavy atom. The van der Waals surface area contributed by atoms with E-state index in [1.807, 2.05) is 12.1 Å². The zero-order chi connectivity index (χ0) is 12.8. The molecule has 100 valence electrons. The normalized spacial score (nSPS) is 17.6. The average molecular weight is 270 g/mol. The Labute approximate surface area is 113 Å². The summed E-state index contributed by atoms with van der Waals surface area (Å²) in [5, 5.41) is 15.9. The molecule has 0 bridgehead atoms. The highest BCUT2D eigenvalue weighted by molar-refractivity contribution is 6.18. The van der Waals surface area contributed by atoms with Crippen molar-refractivity contribution in [2.24, 2.45) is 0 Å². The topological polar surface area (TPSA) is 47.5 Å². The van der Waals surface area contributed by atoms with Crippen molar-refractivity contribution in [2.45, 2.75) is 6.10 Å². The summed E-state index contributed by atoms with van der Waals surface area (Å²) in [6, 6.07) is 8.30. The maximum absolute atomic E-state index is 9.37. The van der Waals surface area contributed by atoms with Crippen molar-refractivity contribution >= 4 is 23.0 Å². The van der Waals surface area contributed by atoms with Gasteiger partial charge in [-0.1, -0.05) is 0 Å². The molecular weight excluding hydrogens is 250 g/mol. The van der Waals surface area contributed by atoms with Crippen molar-refractivity contribution in [3.8, 4) is 0 Å². The number of alkyl halides is 1. The fourth-order valence-electron chi connectivity index (χ4n) is 2.00. The van der Waals surface area contributed by atoms with Gasteiger partial charge in [-0.15, -0.1) is 11.6 Å². The van der Waals surface area contributed by atoms with Crippen molar-refractivity contribution in [2.75, 3.05) is 48.8 Å². The predicted octanol–water partition coefficient (Wildman–Crippen LogP) is 1.11. The van der Waals surface area contributed by atoms with Crippen LogP contribution in [0.25, 0.3) is 0 Å². The molecule has 5 heteroatoms. The minimum atomic E-state index is -0.500. The summed E-state index contributed by atoms with van der Waals surface area (Å²) in [6.07, 6.45) is -0.500. The maximum atomic E-state index is 9.37. The Kier molecular flexibility index (Phi) is 5.11. The number of halogens is 1. The van der Waals surface area contributed by atoms with Crippen LogP contribution in [-0.4, -0.2) is 49.8 Å². The first-order valence-electron chi connectivity index (χ1n) is 6.33. The van der Waals surface area contributed by atoms with Crippen molar-refractivity contribution in [3.05, 3.63) is 24.3 Å². The van der Waals surface area contributed by atoms with Crippen LogP contribution in [0.15, 0.2) is 24.3 Å². The van der Waals surface area contributed by atoms with Crippen LogP contribution in [-0.2, 0) is 0 Å². The number of benzene rings is 1. The minimum Gasteiger partial charge on any atom is -0.390 e. The van der Waals surface area contributed by atoms with Crippen LogP contribution in [0.1, 0.15) is 0 Å². The number of anilines is 2. The van der Waals surface area contributed by atoms with Crippen LogP contribution in [0.2, 0.25) is 0 Å². The Morgan fingerprint density at radius 1 is 1.28 bits per heavy atom. The Hall–Kier alpha value is -0.970. The highest BCUT2D eigenvalue weighted by Gasteiger charge is 2.09. The van der Waals surface area contributed by atoms with Crippen LogP contribution < -0.4 is 15.5 Å². The van der Waals surface area contributed by atoms with E-state index in [1.54, 1.807) is 0 Å². The number of aliphatic hydroxyl groups excluding tert-OH is 1. The van der Waals surface area contributed by atoms with Crippen molar-refractivity contribution < 1.29 is 5.11 Å². The van der Waals surface area contributed by atoms with Gasteiger partial charge < -0.3 is 20.6 Å². The van der Waals surface area contributed by atoms with Gasteiger partial charge in [-0.25, -0.2) is 0 Å². The number of hydrogen-bond acceptors (Lipinski definition) is 4. The third kappa shape index (κ3) is 3.77. The summed E-state index contributed by atoms with van der Waals surface area (Å²) in [6.45, 7) is 4.68. The molecule has 1 fully saturated rings. The molecule has 0 aliphatic carbocycles. The highest BCUT2D eigenvalue weighted by Crippen LogP contribution is 2.18. The summed E-state index contributed by atoms with van der Waals surface area (Å²) in [7, 11) is 0. The lowest BCUT2D eigenvalue weighted by Crippen LogP contribution is -2.43. The highest BCUT2D eigenvalue weighted by atomic mass is 35.5. The first-order chi connectivity index (χ1) is 8.79. The second kappa shape index (κ2) is 6.83. The third-order valence-corrected chi connectivity index (χ3v) is 3.43. The molecule has 1 saturated heterocycles. The second-order valence-corrected chi connectivity index (χ2v) is 4.78. The summed E-state index contributed by atoms with van der Waals surface area (Å²) < 4.78 is 0. The third-order valence-electron chi connectivity index (χ3n) is 3.07. The largest absolute Gasteiger partial charge is 0.390 e. The summed E-state index contributed by atoms with van der Waals surface area (Å²) in [5.41, 5.74) is 2.26. The smallest absolute Gasteiger partial charge is 0.0847 e. The van der Waals surface area contributed by atoms with Gasteiger partial charge in [0.1, 0.15) is 0 Å². The molecule has 0 radical (unpaired) electrons. The Bertz CT molecular complexity index is 352. The molecule has 1 heterocycles. The number of piperazine rings is 1. The summed E-state index contributed by atoms with van der Waals surface area (Å²) in [4.78, 5) is 2.37. The molecule has 0 spiro atoms. The van der Waals surface area contributed by atoms with Gasteiger partial charge in [0.2, 0.25) is 0 Å². The molecule has 0 saturated carbocycles. The van der Waals surface area contributed by atoms with Crippen LogP contribution in [0.3, 0.4) is 0 Å². The molecule has 1 aliphatic heterocycles. The fourth-order valence-corrected chi connectivity index (χ4v) is 2.11. The van der Waals surface area contributed by atoms with E-state index in [2.05, 4.69) is 27.7 Å². The van der Waals surface area contributed by atoms with E-state index in [9.17, 15) is 5.11 Å². The molecule has 4 nitrogen and oxygen atoms in total. The van der Waals surface area contributed by atoms with E-state index < -0.39 is 6.10 Å². The molecule has 0 aromatic heterocycles. The molecule has 1 aromatic carbocycles. The maximum Gasteiger partial charge on any atom is 0.0847 e. The molecule has 1 aliphatic rings. The van der Waals surface area contributed by atoms with Gasteiger partial charge in [-0.3, -0.25) is 0 Å². The lowest BCUT2D eigenvalue weighted by Gasteiger charge is -2.29. The quantitative estimate of drug-likeness (QED) is 0.701. The summed E-state index contributed by atoms with van der Waals surface area (Å²) >= 11 is 5.54. The number of rotatable bonds is 5. The Morgan fingerprint density at radius 3 is 2.56 bits per heavy atom. The van der Waals surface area contributed by atoms with Crippen molar-refractivity contribution in [3.63, 3.8) is 0 Å². The molecule has 1 unspecified atom stereocenters. The molecular formula is C13H20ClN3O. The van der Waals surface area contributed by atoms with Gasteiger partial charge in [0, 0.05) is 44.1 Å². The van der Waals surface area contributed by atoms with Crippen molar-refractivity contribution in [1.82, 2.24) is 5.32 Å². The zero-order valence-electron chi connectivity index (χ0n) is 10.4. The molecule has 0 amide bonds. The van der Waals surface area contributed by atoms with Crippen molar-refractivity contribution in [1.29, 1.82) is 0 Å². The monoisotopic (exact) mass is 269 g/mol. The molecule has 18 heavy (non-hydrogen) atoms. The fraction of sp³-hybridized carbons (Fsp3) is 0.538. The summed E-state index contributed by atoms with van der Waals surface area (Å²) in [5.74, 6) is 0.256. The number of hydrogen-bond donors (Lipinski definition) is 3. The van der Waals surface area contributed by atoms with Gasteiger partial charge in [0.15, 0.2) is 0 Å². The van der Waals surface area contributed by atoms with Gasteiger partial charge >= 0.3 is 0 Å². The van der Waals surface area contributed by atoms with Crippen LogP contribution >= 0.6 is 11.6 Å². The number of nitrogens with one attached hydrogen (secondary N) is 2. The van der Waals surface area contributed by atoms with Gasteiger partial charge in [0.05, 0.1) is 12.0 Å². The van der Waals surface area contributed by atoms with Crippen LogP contribution in [0.4, 0.5) is 11.4 Å². The van der Waals surface area contributed by atoms with Gasteiger partial charge in [-0.05, 0) is 24.3 Å². The van der Waals surface area contributed by atoms with Gasteiger partial charge in [0.25, 0.3) is 0 Å². The zero-order valence-corrected chi connectivity index (χ0v) is 11.2. The Balaban J connectivity index is 1.88. The molecule has 1 aromatic rings. The van der Waals surface area contributed by atoms with E-state index in [-0.39, 0.29) is 5.88 Å². The van der Waals surface area contributed by atoms with E-state index >= 15 is 0 Å². The molecule has 1 atom stereocenters. The SMILES string of the molecule is OC(CCl)CNc1ccc(N2CCNCC2)cc1. The minimum absolute atomic E-state index is 0.256. The van der Waals surface area contributed by atoms with Crippen LogP contribution in [0, 0.1) is 0 Å². The molecule has 3 N–H and O–H groups in total. The second-order valence-electron chi connectivity index (χ2n) is 4.47. The lowest BCUT2D eigenvalue weighted by molar-refractivity contribution is 0.211. The predicted molar refractivity (Wildman–Crippen MR) is 76.7 cm³/mol. The van der Waals surface area contributed by atoms with E-state index in [0.717, 1.165) is 31.9 Å². The first kappa shape index (κ1) is 13.5. The van der Waals surface area contributed by atoms with E-state index in [4.69, 9.17) is 11.6 Å². The number of nitrogens with zero attached hydrogens (tertiary/aromatic N) is 1. The number of aliphatic hydroxyl groups is 1. The van der Waals surface area contributed by atoms with E-state index in [0.29, 0.717) is 6.54 Å². The lowest BCUT2D eigenvalue weighted by atomic mass is 10.2. The average Bonchev–Trinajstić information content (AvgIpc) is 2.46. The molecule has 2 rings (SSSR count). The standard InChI is InChI=1S/C13H20ClN3O/c14-9-13(18)10-16-11-1-3-12(4-2-11)17-7-5-15-6-8-17/h1-4,13,15-16,18H,5-10H2.